The molecule has 0 aromatic heterocycles. The van der Waals surface area contributed by atoms with Crippen molar-refractivity contribution in [3.8, 4) is 0 Å². The maximum atomic E-state index is 8.66. The summed E-state index contributed by atoms with van der Waals surface area (Å²) >= 11 is 0. The van der Waals surface area contributed by atoms with E-state index in [0.29, 0.717) is 12.8 Å². The summed E-state index contributed by atoms with van der Waals surface area (Å²) in [5, 5.41) is 51.9. The first kappa shape index (κ1) is 42.8. The van der Waals surface area contributed by atoms with E-state index in [9.17, 15) is 0 Å². The van der Waals surface area contributed by atoms with Gasteiger partial charge in [-0.15, -0.1) is 26.3 Å². The molecule has 30 heavy (non-hydrogen) atoms. The zero-order chi connectivity index (χ0) is 25.5. The molecule has 6 nitrogen and oxygen atoms in total. The topological polar surface area (TPSA) is 121 Å². The summed E-state index contributed by atoms with van der Waals surface area (Å²) in [6, 6.07) is 0. The van der Waals surface area contributed by atoms with Gasteiger partial charge in [-0.1, -0.05) is 38.2 Å². The van der Waals surface area contributed by atoms with Gasteiger partial charge >= 0.3 is 0 Å². The molecule has 0 aliphatic carbocycles. The van der Waals surface area contributed by atoms with Crippen LogP contribution in [0.1, 0.15) is 54.4 Å². The molecule has 0 rings (SSSR count). The highest BCUT2D eigenvalue weighted by atomic mass is 16.3. The van der Waals surface area contributed by atoms with Gasteiger partial charge in [0.25, 0.3) is 0 Å². The van der Waals surface area contributed by atoms with Gasteiger partial charge in [0, 0.05) is 10.8 Å². The molecule has 0 aromatic carbocycles. The van der Waals surface area contributed by atoms with Crippen LogP contribution in [0.5, 0.6) is 0 Å². The lowest BCUT2D eigenvalue weighted by Gasteiger charge is -2.24. The molecule has 0 aliphatic rings. The van der Waals surface area contributed by atoms with E-state index in [1.165, 1.54) is 0 Å². The summed E-state index contributed by atoms with van der Waals surface area (Å²) in [4.78, 5) is 0. The summed E-state index contributed by atoms with van der Waals surface area (Å²) in [6.07, 6.45) is 8.19. The van der Waals surface area contributed by atoms with E-state index in [1.807, 2.05) is 41.5 Å². The van der Waals surface area contributed by atoms with Gasteiger partial charge < -0.3 is 30.6 Å². The second-order valence-electron chi connectivity index (χ2n) is 6.29. The lowest BCUT2D eigenvalue weighted by molar-refractivity contribution is 0.00275. The van der Waals surface area contributed by atoms with Crippen LogP contribution < -0.4 is 0 Å². The molecule has 0 radical (unpaired) electrons. The molecule has 0 fully saturated rings. The van der Waals surface area contributed by atoms with Gasteiger partial charge in [0.05, 0.1) is 39.6 Å². The van der Waals surface area contributed by atoms with Crippen molar-refractivity contribution in [2.75, 3.05) is 39.6 Å². The summed E-state index contributed by atoms with van der Waals surface area (Å²) < 4.78 is 0. The Balaban J connectivity index is -0.0000000635. The minimum absolute atomic E-state index is 0.156. The van der Waals surface area contributed by atoms with Crippen molar-refractivity contribution in [1.82, 2.24) is 0 Å². The molecule has 0 aliphatic heterocycles. The van der Waals surface area contributed by atoms with Gasteiger partial charge in [-0.05, 0) is 40.5 Å². The molecule has 0 unspecified atom stereocenters. The van der Waals surface area contributed by atoms with Gasteiger partial charge in [0.1, 0.15) is 0 Å². The predicted octanol–water partition coefficient (Wildman–Crippen LogP) is 3.49. The summed E-state index contributed by atoms with van der Waals surface area (Å²) in [7, 11) is 0. The lowest BCUT2D eigenvalue weighted by Crippen LogP contribution is -2.32. The molecule has 0 heterocycles. The standard InChI is InChI=1S/2C6H14O3.4C3H6/c2*1-2-6(3-7,4-8)5-9;4*1-3-2/h2*7-9H,2-5H2,1H3;4*3H,1H2,2H3. The molecule has 184 valence electrons. The van der Waals surface area contributed by atoms with Gasteiger partial charge in [-0.2, -0.15) is 0 Å². The van der Waals surface area contributed by atoms with Crippen molar-refractivity contribution in [2.24, 2.45) is 10.8 Å². The Morgan fingerprint density at radius 1 is 0.467 bits per heavy atom. The highest BCUT2D eigenvalue weighted by Crippen LogP contribution is 2.18. The molecule has 0 spiro atoms. The monoisotopic (exact) mass is 436 g/mol. The number of aliphatic hydroxyl groups is 6. The zero-order valence-electron chi connectivity index (χ0n) is 20.5. The summed E-state index contributed by atoms with van der Waals surface area (Å²) in [5.41, 5.74) is -1.33. The third-order valence-corrected chi connectivity index (χ3v) is 3.51. The highest BCUT2D eigenvalue weighted by Gasteiger charge is 2.25. The minimum atomic E-state index is -0.667. The van der Waals surface area contributed by atoms with E-state index in [2.05, 4.69) is 26.3 Å². The second-order valence-corrected chi connectivity index (χ2v) is 6.29. The lowest BCUT2D eigenvalue weighted by atomic mass is 9.88. The molecule has 6 N–H and O–H groups in total. The molecule has 6 heteroatoms. The van der Waals surface area contributed by atoms with Crippen molar-refractivity contribution in [1.29, 1.82) is 0 Å². The number of rotatable bonds is 8. The summed E-state index contributed by atoms with van der Waals surface area (Å²) in [5.74, 6) is 0. The zero-order valence-corrected chi connectivity index (χ0v) is 20.5. The van der Waals surface area contributed by atoms with Crippen LogP contribution in [0.2, 0.25) is 0 Å². The fourth-order valence-corrected chi connectivity index (χ4v) is 0.971. The van der Waals surface area contributed by atoms with Crippen LogP contribution in [-0.4, -0.2) is 70.3 Å². The van der Waals surface area contributed by atoms with Crippen LogP contribution in [0.4, 0.5) is 0 Å². The van der Waals surface area contributed by atoms with Crippen molar-refractivity contribution in [3.63, 3.8) is 0 Å². The Bertz CT molecular complexity index is 243. The Labute approximate surface area is 186 Å². The smallest absolute Gasteiger partial charge is 0.0531 e. The molecular formula is C24H52O6. The van der Waals surface area contributed by atoms with Crippen LogP contribution in [-0.2, 0) is 0 Å². The fraction of sp³-hybridized carbons (Fsp3) is 0.667. The van der Waals surface area contributed by atoms with Gasteiger partial charge in [0.2, 0.25) is 0 Å². The normalized spacial score (nSPS) is 8.93. The van der Waals surface area contributed by atoms with Crippen LogP contribution >= 0.6 is 0 Å². The Kier molecular flexibility index (Phi) is 54.6. The van der Waals surface area contributed by atoms with Gasteiger partial charge in [-0.3, -0.25) is 0 Å². The quantitative estimate of drug-likeness (QED) is 0.324. The van der Waals surface area contributed by atoms with E-state index >= 15 is 0 Å². The predicted molar refractivity (Wildman–Crippen MR) is 131 cm³/mol. The van der Waals surface area contributed by atoms with E-state index in [0.717, 1.165) is 0 Å². The molecule has 0 atom stereocenters. The molecular weight excluding hydrogens is 384 g/mol. The molecule has 0 aromatic rings. The first-order chi connectivity index (χ1) is 14.1. The maximum Gasteiger partial charge on any atom is 0.0531 e. The maximum absolute atomic E-state index is 8.66. The largest absolute Gasteiger partial charge is 0.396 e. The van der Waals surface area contributed by atoms with E-state index in [4.69, 9.17) is 30.6 Å². The van der Waals surface area contributed by atoms with E-state index in [1.54, 1.807) is 24.3 Å². The Morgan fingerprint density at radius 3 is 0.567 bits per heavy atom. The van der Waals surface area contributed by atoms with E-state index in [-0.39, 0.29) is 39.6 Å². The molecule has 0 bridgehead atoms. The molecule has 0 saturated heterocycles. The number of hydrogen-bond acceptors (Lipinski definition) is 6. The molecule has 0 amide bonds. The van der Waals surface area contributed by atoms with Gasteiger partial charge in [0.15, 0.2) is 0 Å². The number of allylic oxidation sites excluding steroid dienone is 4. The van der Waals surface area contributed by atoms with E-state index < -0.39 is 10.8 Å². The average Bonchev–Trinajstić information content (AvgIpc) is 2.75. The summed E-state index contributed by atoms with van der Waals surface area (Å²) in [6.45, 7) is 23.7. The van der Waals surface area contributed by atoms with Crippen LogP contribution in [0.25, 0.3) is 0 Å². The van der Waals surface area contributed by atoms with Gasteiger partial charge in [-0.25, -0.2) is 0 Å². The van der Waals surface area contributed by atoms with Crippen LogP contribution in [0.15, 0.2) is 50.6 Å². The van der Waals surface area contributed by atoms with Crippen molar-refractivity contribution >= 4 is 0 Å². The first-order valence-electron chi connectivity index (χ1n) is 10.1. The number of aliphatic hydroxyl groups excluding tert-OH is 6. The molecule has 0 saturated carbocycles. The fourth-order valence-electron chi connectivity index (χ4n) is 0.971. The number of hydrogen-bond donors (Lipinski definition) is 6. The van der Waals surface area contributed by atoms with Crippen molar-refractivity contribution in [2.45, 2.75) is 54.4 Å². The van der Waals surface area contributed by atoms with Crippen LogP contribution in [0, 0.1) is 10.8 Å². The third kappa shape index (κ3) is 34.2. The van der Waals surface area contributed by atoms with Crippen LogP contribution in [0.3, 0.4) is 0 Å². The van der Waals surface area contributed by atoms with Crippen molar-refractivity contribution < 1.29 is 30.6 Å². The minimum Gasteiger partial charge on any atom is -0.396 e. The van der Waals surface area contributed by atoms with Crippen molar-refractivity contribution in [3.05, 3.63) is 50.6 Å². The highest BCUT2D eigenvalue weighted by molar-refractivity contribution is 4.74. The Morgan fingerprint density at radius 2 is 0.567 bits per heavy atom. The average molecular weight is 437 g/mol. The third-order valence-electron chi connectivity index (χ3n) is 3.51. The SMILES string of the molecule is C=CC.C=CC.C=CC.C=CC.CCC(CO)(CO)CO.CCC(CO)(CO)CO. The first-order valence-corrected chi connectivity index (χ1v) is 10.1. The second kappa shape index (κ2) is 38.3. The Hall–Kier alpha value is -1.28.